The van der Waals surface area contributed by atoms with Crippen molar-refractivity contribution in [2.75, 3.05) is 39.6 Å². The largest absolute Gasteiger partial charge is 0.544 e. The summed E-state index contributed by atoms with van der Waals surface area (Å²) in [5.41, 5.74) is -0.648. The van der Waals surface area contributed by atoms with Crippen molar-refractivity contribution in [2.45, 2.75) is 86.6 Å². The zero-order chi connectivity index (χ0) is 28.9. The Bertz CT molecular complexity index is 625. The molecule has 0 radical (unpaired) electrons. The fourth-order valence-electron chi connectivity index (χ4n) is 3.24. The van der Waals surface area contributed by atoms with Gasteiger partial charge in [-0.1, -0.05) is 27.0 Å². The summed E-state index contributed by atoms with van der Waals surface area (Å²) in [5, 5.41) is 0. The number of hydrogen-bond donors (Lipinski definition) is 0. The molecule has 37 heavy (non-hydrogen) atoms. The lowest BCUT2D eigenvalue weighted by molar-refractivity contribution is -0.144. The zero-order valence-corrected chi connectivity index (χ0v) is 26.4. The van der Waals surface area contributed by atoms with Gasteiger partial charge in [0.25, 0.3) is 0 Å². The average molecular weight is 567 g/mol. The van der Waals surface area contributed by atoms with E-state index in [0.717, 1.165) is 6.08 Å². The number of rotatable bonds is 20. The van der Waals surface area contributed by atoms with E-state index in [2.05, 4.69) is 13.2 Å². The molecule has 0 rings (SSSR count). The summed E-state index contributed by atoms with van der Waals surface area (Å²) in [6.45, 7) is 26.3. The molecule has 0 aromatic carbocycles. The molecule has 0 spiro atoms. The van der Waals surface area contributed by atoms with Gasteiger partial charge in [0.1, 0.15) is 0 Å². The van der Waals surface area contributed by atoms with Crippen LogP contribution < -0.4 is 0 Å². The standard InChI is InChI=1S/C13H26O5Si.C12H24O5Si/c1-7-12(18-13(14)11(5)6)19(15-8-2,16-9-3)17-10-4;1-6-11(13)17-12(7-2)18(14-8-3,15-9-4)16-10-5/h12H,5,7-10H2,1-4,6H3;6,12H,1,7-10H2,2-5H3. The van der Waals surface area contributed by atoms with Crippen LogP contribution in [0.5, 0.6) is 0 Å². The fourth-order valence-corrected chi connectivity index (χ4v) is 8.79. The molecule has 0 N–H and O–H groups in total. The summed E-state index contributed by atoms with van der Waals surface area (Å²) in [4.78, 5) is 23.1. The van der Waals surface area contributed by atoms with Gasteiger partial charge >= 0.3 is 29.5 Å². The molecule has 10 nitrogen and oxygen atoms in total. The van der Waals surface area contributed by atoms with Gasteiger partial charge < -0.3 is 36.0 Å². The summed E-state index contributed by atoms with van der Waals surface area (Å²) in [6.07, 6.45) is 2.28. The smallest absolute Gasteiger partial charge is 0.455 e. The van der Waals surface area contributed by atoms with Gasteiger partial charge in [-0.3, -0.25) is 0 Å². The van der Waals surface area contributed by atoms with Crippen molar-refractivity contribution >= 4 is 29.5 Å². The van der Waals surface area contributed by atoms with Gasteiger partial charge in [0.05, 0.1) is 0 Å². The van der Waals surface area contributed by atoms with Crippen molar-refractivity contribution in [3.63, 3.8) is 0 Å². The van der Waals surface area contributed by atoms with E-state index in [1.54, 1.807) is 6.92 Å². The third-order valence-corrected chi connectivity index (χ3v) is 11.4. The van der Waals surface area contributed by atoms with Crippen LogP contribution in [0, 0.1) is 0 Å². The van der Waals surface area contributed by atoms with E-state index in [1.807, 2.05) is 55.4 Å². The van der Waals surface area contributed by atoms with Crippen molar-refractivity contribution < 1.29 is 45.6 Å². The average Bonchev–Trinajstić information content (AvgIpc) is 2.86. The van der Waals surface area contributed by atoms with Gasteiger partial charge in [0.15, 0.2) is 11.5 Å². The molecule has 0 aliphatic rings. The predicted molar refractivity (Wildman–Crippen MR) is 147 cm³/mol. The maximum Gasteiger partial charge on any atom is 0.544 e. The highest BCUT2D eigenvalue weighted by molar-refractivity contribution is 6.62. The Balaban J connectivity index is 0. The molecule has 218 valence electrons. The third-order valence-electron chi connectivity index (χ3n) is 4.63. The van der Waals surface area contributed by atoms with Crippen LogP contribution in [-0.2, 0) is 45.6 Å². The van der Waals surface area contributed by atoms with Gasteiger partial charge in [0.2, 0.25) is 0 Å². The second-order valence-corrected chi connectivity index (χ2v) is 12.9. The molecule has 0 amide bonds. The maximum atomic E-state index is 11.7. The highest BCUT2D eigenvalue weighted by Crippen LogP contribution is 2.22. The molecule has 0 saturated carbocycles. The Kier molecular flexibility index (Phi) is 22.0. The van der Waals surface area contributed by atoms with Crippen LogP contribution in [0.25, 0.3) is 0 Å². The molecule has 0 aromatic rings. The third kappa shape index (κ3) is 13.3. The molecular weight excluding hydrogens is 516 g/mol. The SMILES string of the molecule is C=C(C)C(=O)OC(CC)[Si](OCC)(OCC)OCC.C=CC(=O)OC(CC)[Si](OCC)(OCC)OCC. The fraction of sp³-hybridized carbons (Fsp3) is 0.760. The summed E-state index contributed by atoms with van der Waals surface area (Å²) < 4.78 is 45.0. The number of carbonyl (C=O) groups is 2. The minimum Gasteiger partial charge on any atom is -0.455 e. The van der Waals surface area contributed by atoms with Crippen molar-refractivity contribution in [1.29, 1.82) is 0 Å². The van der Waals surface area contributed by atoms with E-state index in [4.69, 9.17) is 36.0 Å². The quantitative estimate of drug-likeness (QED) is 0.118. The van der Waals surface area contributed by atoms with Crippen molar-refractivity contribution in [1.82, 2.24) is 0 Å². The van der Waals surface area contributed by atoms with E-state index in [1.165, 1.54) is 0 Å². The first-order chi connectivity index (χ1) is 17.6. The zero-order valence-electron chi connectivity index (χ0n) is 24.4. The molecule has 0 aliphatic heterocycles. The van der Waals surface area contributed by atoms with E-state index < -0.39 is 41.0 Å². The highest BCUT2D eigenvalue weighted by atomic mass is 28.4. The summed E-state index contributed by atoms with van der Waals surface area (Å²) in [5.74, 6) is -0.930. The summed E-state index contributed by atoms with van der Waals surface area (Å²) in [7, 11) is -6.01. The second-order valence-electron chi connectivity index (χ2n) is 7.43. The number of carbonyl (C=O) groups excluding carboxylic acids is 2. The number of hydrogen-bond acceptors (Lipinski definition) is 10. The van der Waals surface area contributed by atoms with Gasteiger partial charge in [-0.2, -0.15) is 0 Å². The first-order valence-electron chi connectivity index (χ1n) is 13.1. The van der Waals surface area contributed by atoms with Crippen LogP contribution in [0.15, 0.2) is 24.8 Å². The summed E-state index contributed by atoms with van der Waals surface area (Å²) in [6, 6.07) is 0. The molecule has 2 atom stereocenters. The Labute approximate surface area is 226 Å². The van der Waals surface area contributed by atoms with Gasteiger partial charge in [-0.05, 0) is 61.3 Å². The molecule has 0 heterocycles. The predicted octanol–water partition coefficient (Wildman–Crippen LogP) is 4.55. The topological polar surface area (TPSA) is 108 Å². The lowest BCUT2D eigenvalue weighted by Crippen LogP contribution is -2.58. The number of esters is 2. The highest BCUT2D eigenvalue weighted by Gasteiger charge is 2.52. The van der Waals surface area contributed by atoms with Crippen LogP contribution in [0.2, 0.25) is 0 Å². The van der Waals surface area contributed by atoms with E-state index in [9.17, 15) is 9.59 Å². The molecule has 0 aliphatic carbocycles. The Morgan fingerprint density at radius 1 is 0.649 bits per heavy atom. The molecule has 0 fully saturated rings. The van der Waals surface area contributed by atoms with E-state index >= 15 is 0 Å². The molecule has 0 saturated heterocycles. The monoisotopic (exact) mass is 566 g/mol. The van der Waals surface area contributed by atoms with Crippen LogP contribution in [0.3, 0.4) is 0 Å². The van der Waals surface area contributed by atoms with Crippen molar-refractivity contribution in [3.8, 4) is 0 Å². The van der Waals surface area contributed by atoms with Crippen LogP contribution >= 0.6 is 0 Å². The minimum atomic E-state index is -3.02. The van der Waals surface area contributed by atoms with Gasteiger partial charge in [-0.25, -0.2) is 9.59 Å². The lowest BCUT2D eigenvalue weighted by atomic mass is 10.4. The molecular formula is C25H50O10Si2. The van der Waals surface area contributed by atoms with E-state index in [0.29, 0.717) is 58.1 Å². The maximum absolute atomic E-state index is 11.7. The molecule has 0 bridgehead atoms. The summed E-state index contributed by atoms with van der Waals surface area (Å²) >= 11 is 0. The molecule has 0 aromatic heterocycles. The molecule has 12 heteroatoms. The lowest BCUT2D eigenvalue weighted by Gasteiger charge is -2.34. The van der Waals surface area contributed by atoms with E-state index in [-0.39, 0.29) is 0 Å². The first kappa shape index (κ1) is 37.8. The van der Waals surface area contributed by atoms with Crippen LogP contribution in [0.1, 0.15) is 75.2 Å². The van der Waals surface area contributed by atoms with Crippen molar-refractivity contribution in [2.24, 2.45) is 0 Å². The first-order valence-corrected chi connectivity index (χ1v) is 16.7. The second kappa shape index (κ2) is 21.5. The number of ether oxygens (including phenoxy) is 2. The Hall–Kier alpha value is -1.39. The van der Waals surface area contributed by atoms with Gasteiger partial charge in [0, 0.05) is 51.3 Å². The van der Waals surface area contributed by atoms with Crippen LogP contribution in [0.4, 0.5) is 0 Å². The Morgan fingerprint density at radius 2 is 0.946 bits per heavy atom. The Morgan fingerprint density at radius 3 is 1.16 bits per heavy atom. The van der Waals surface area contributed by atoms with Crippen molar-refractivity contribution in [3.05, 3.63) is 24.8 Å². The van der Waals surface area contributed by atoms with Gasteiger partial charge in [-0.15, -0.1) is 0 Å². The van der Waals surface area contributed by atoms with Crippen LogP contribution in [-0.4, -0.2) is 80.6 Å². The molecule has 2 unspecified atom stereocenters. The minimum absolute atomic E-state index is 0.353. The normalized spacial score (nSPS) is 13.1.